The number of para-hydroxylation sites is 1. The first-order valence-corrected chi connectivity index (χ1v) is 6.40. The Hall–Kier alpha value is -2.17. The van der Waals surface area contributed by atoms with Crippen LogP contribution >= 0.6 is 0 Å². The fourth-order valence-electron chi connectivity index (χ4n) is 1.91. The third-order valence-electron chi connectivity index (χ3n) is 2.84. The Morgan fingerprint density at radius 3 is 2.89 bits per heavy atom. The summed E-state index contributed by atoms with van der Waals surface area (Å²) >= 11 is 0. The lowest BCUT2D eigenvalue weighted by molar-refractivity contribution is -0.119. The Morgan fingerprint density at radius 2 is 2.11 bits per heavy atom. The number of hydrogen-bond acceptors (Lipinski definition) is 4. The summed E-state index contributed by atoms with van der Waals surface area (Å²) in [5, 5.41) is 3.81. The molecule has 1 heterocycles. The van der Waals surface area contributed by atoms with Crippen molar-refractivity contribution in [1.29, 1.82) is 0 Å². The summed E-state index contributed by atoms with van der Waals surface area (Å²) in [6.07, 6.45) is 2.46. The van der Waals surface area contributed by atoms with Crippen LogP contribution in [-0.4, -0.2) is 36.0 Å². The van der Waals surface area contributed by atoms with Gasteiger partial charge in [-0.05, 0) is 18.6 Å². The molecule has 2 rings (SSSR count). The minimum atomic E-state index is 0.00652. The molecule has 1 N–H and O–H groups in total. The van der Waals surface area contributed by atoms with Gasteiger partial charge in [0.15, 0.2) is 0 Å². The van der Waals surface area contributed by atoms with E-state index < -0.39 is 0 Å². The van der Waals surface area contributed by atoms with Crippen molar-refractivity contribution in [1.82, 2.24) is 15.3 Å². The molecular formula is C14H18N4O. The molecule has 0 saturated heterocycles. The van der Waals surface area contributed by atoms with E-state index in [9.17, 15) is 4.79 Å². The quantitative estimate of drug-likeness (QED) is 0.885. The van der Waals surface area contributed by atoms with Gasteiger partial charge in [0.25, 0.3) is 0 Å². The largest absolute Gasteiger partial charge is 0.355 e. The van der Waals surface area contributed by atoms with Crippen LogP contribution in [0.5, 0.6) is 0 Å². The predicted octanol–water partition coefficient (Wildman–Crippen LogP) is 1.59. The van der Waals surface area contributed by atoms with Crippen LogP contribution in [0.1, 0.15) is 13.3 Å². The SMILES string of the molecule is CCCNC(=O)CN(C)c1ncnc2ccccc12. The molecule has 0 spiro atoms. The molecule has 0 bridgehead atoms. The fourth-order valence-corrected chi connectivity index (χ4v) is 1.91. The van der Waals surface area contributed by atoms with Gasteiger partial charge in [0.1, 0.15) is 12.1 Å². The zero-order valence-corrected chi connectivity index (χ0v) is 11.3. The maximum Gasteiger partial charge on any atom is 0.239 e. The number of aromatic nitrogens is 2. The van der Waals surface area contributed by atoms with Crippen molar-refractivity contribution in [3.05, 3.63) is 30.6 Å². The zero-order valence-electron chi connectivity index (χ0n) is 11.3. The molecule has 0 unspecified atom stereocenters. The van der Waals surface area contributed by atoms with E-state index in [0.717, 1.165) is 23.1 Å². The second-order valence-electron chi connectivity index (χ2n) is 4.42. The van der Waals surface area contributed by atoms with Gasteiger partial charge in [0.2, 0.25) is 5.91 Å². The molecule has 2 aromatic rings. The van der Waals surface area contributed by atoms with Crippen molar-refractivity contribution in [2.75, 3.05) is 25.0 Å². The minimum Gasteiger partial charge on any atom is -0.355 e. The van der Waals surface area contributed by atoms with Gasteiger partial charge in [0.05, 0.1) is 12.1 Å². The number of benzene rings is 1. The first kappa shape index (κ1) is 13.3. The highest BCUT2D eigenvalue weighted by Gasteiger charge is 2.11. The van der Waals surface area contributed by atoms with Gasteiger partial charge in [-0.25, -0.2) is 9.97 Å². The Labute approximate surface area is 112 Å². The maximum atomic E-state index is 11.7. The molecule has 0 saturated carbocycles. The lowest BCUT2D eigenvalue weighted by atomic mass is 10.2. The Morgan fingerprint density at radius 1 is 1.32 bits per heavy atom. The smallest absolute Gasteiger partial charge is 0.239 e. The van der Waals surface area contributed by atoms with Crippen molar-refractivity contribution >= 4 is 22.6 Å². The van der Waals surface area contributed by atoms with Crippen LogP contribution in [0.25, 0.3) is 10.9 Å². The molecular weight excluding hydrogens is 240 g/mol. The van der Waals surface area contributed by atoms with Crippen molar-refractivity contribution in [3.63, 3.8) is 0 Å². The molecule has 100 valence electrons. The number of hydrogen-bond donors (Lipinski definition) is 1. The van der Waals surface area contributed by atoms with Crippen LogP contribution in [0, 0.1) is 0 Å². The topological polar surface area (TPSA) is 58.1 Å². The highest BCUT2D eigenvalue weighted by molar-refractivity contribution is 5.91. The van der Waals surface area contributed by atoms with Crippen LogP contribution in [-0.2, 0) is 4.79 Å². The third kappa shape index (κ3) is 3.19. The number of likely N-dealkylation sites (N-methyl/N-ethyl adjacent to an activating group) is 1. The molecule has 5 nitrogen and oxygen atoms in total. The maximum absolute atomic E-state index is 11.7. The molecule has 0 radical (unpaired) electrons. The monoisotopic (exact) mass is 258 g/mol. The second-order valence-corrected chi connectivity index (χ2v) is 4.42. The fraction of sp³-hybridized carbons (Fsp3) is 0.357. The standard InChI is InChI=1S/C14H18N4O/c1-3-8-15-13(19)9-18(2)14-11-6-4-5-7-12(11)16-10-17-14/h4-7,10H,3,8-9H2,1-2H3,(H,15,19). The summed E-state index contributed by atoms with van der Waals surface area (Å²) in [7, 11) is 1.86. The van der Waals surface area contributed by atoms with Crippen molar-refractivity contribution in [3.8, 4) is 0 Å². The number of fused-ring (bicyclic) bond motifs is 1. The molecule has 0 aliphatic carbocycles. The molecule has 19 heavy (non-hydrogen) atoms. The summed E-state index contributed by atoms with van der Waals surface area (Å²) in [6.45, 7) is 3.03. The number of anilines is 1. The van der Waals surface area contributed by atoms with Crippen LogP contribution in [0.15, 0.2) is 30.6 Å². The van der Waals surface area contributed by atoms with Crippen LogP contribution in [0.3, 0.4) is 0 Å². The third-order valence-corrected chi connectivity index (χ3v) is 2.84. The summed E-state index contributed by atoms with van der Waals surface area (Å²) < 4.78 is 0. The lowest BCUT2D eigenvalue weighted by Crippen LogP contribution is -2.35. The lowest BCUT2D eigenvalue weighted by Gasteiger charge is -2.18. The van der Waals surface area contributed by atoms with E-state index in [-0.39, 0.29) is 5.91 Å². The normalized spacial score (nSPS) is 10.4. The number of nitrogens with zero attached hydrogens (tertiary/aromatic N) is 3. The average Bonchev–Trinajstić information content (AvgIpc) is 2.44. The first-order valence-electron chi connectivity index (χ1n) is 6.40. The van der Waals surface area contributed by atoms with E-state index >= 15 is 0 Å². The number of carbonyl (C=O) groups is 1. The predicted molar refractivity (Wildman–Crippen MR) is 76.1 cm³/mol. The molecule has 1 amide bonds. The van der Waals surface area contributed by atoms with Crippen molar-refractivity contribution in [2.45, 2.75) is 13.3 Å². The van der Waals surface area contributed by atoms with E-state index in [0.29, 0.717) is 13.1 Å². The minimum absolute atomic E-state index is 0.00652. The van der Waals surface area contributed by atoms with E-state index in [1.165, 1.54) is 6.33 Å². The summed E-state index contributed by atoms with van der Waals surface area (Å²) in [5.74, 6) is 0.782. The van der Waals surface area contributed by atoms with Crippen LogP contribution in [0.4, 0.5) is 5.82 Å². The van der Waals surface area contributed by atoms with E-state index in [1.807, 2.05) is 43.1 Å². The Kier molecular flexibility index (Phi) is 4.28. The van der Waals surface area contributed by atoms with Gasteiger partial charge in [-0.15, -0.1) is 0 Å². The molecule has 0 atom stereocenters. The zero-order chi connectivity index (χ0) is 13.7. The van der Waals surface area contributed by atoms with Gasteiger partial charge in [-0.2, -0.15) is 0 Å². The highest BCUT2D eigenvalue weighted by atomic mass is 16.2. The number of rotatable bonds is 5. The Bertz CT molecular complexity index is 565. The molecule has 1 aromatic carbocycles. The van der Waals surface area contributed by atoms with E-state index in [4.69, 9.17) is 0 Å². The molecule has 0 aliphatic rings. The van der Waals surface area contributed by atoms with Gasteiger partial charge >= 0.3 is 0 Å². The van der Waals surface area contributed by atoms with Gasteiger partial charge in [0, 0.05) is 19.0 Å². The van der Waals surface area contributed by atoms with Gasteiger partial charge in [-0.3, -0.25) is 4.79 Å². The molecule has 5 heteroatoms. The molecule has 0 aliphatic heterocycles. The second kappa shape index (κ2) is 6.13. The molecule has 0 fully saturated rings. The van der Waals surface area contributed by atoms with Crippen molar-refractivity contribution < 1.29 is 4.79 Å². The van der Waals surface area contributed by atoms with Crippen LogP contribution in [0.2, 0.25) is 0 Å². The summed E-state index contributed by atoms with van der Waals surface area (Å²) in [6, 6.07) is 7.78. The van der Waals surface area contributed by atoms with Crippen molar-refractivity contribution in [2.24, 2.45) is 0 Å². The number of carbonyl (C=O) groups excluding carboxylic acids is 1. The van der Waals surface area contributed by atoms with E-state index in [1.54, 1.807) is 0 Å². The van der Waals surface area contributed by atoms with Crippen LogP contribution < -0.4 is 10.2 Å². The summed E-state index contributed by atoms with van der Waals surface area (Å²) in [4.78, 5) is 22.1. The van der Waals surface area contributed by atoms with Gasteiger partial charge in [-0.1, -0.05) is 19.1 Å². The highest BCUT2D eigenvalue weighted by Crippen LogP contribution is 2.20. The average molecular weight is 258 g/mol. The first-order chi connectivity index (χ1) is 9.22. The Balaban J connectivity index is 2.17. The number of amides is 1. The van der Waals surface area contributed by atoms with Gasteiger partial charge < -0.3 is 10.2 Å². The van der Waals surface area contributed by atoms with E-state index in [2.05, 4.69) is 15.3 Å². The summed E-state index contributed by atoms with van der Waals surface area (Å²) in [5.41, 5.74) is 0.883. The number of nitrogens with one attached hydrogen (secondary N) is 1. The molecule has 1 aromatic heterocycles.